The van der Waals surface area contributed by atoms with Crippen molar-refractivity contribution in [2.24, 2.45) is 0 Å². The highest BCUT2D eigenvalue weighted by atomic mass is 16.5. The SMILES string of the molecule is CC(C)NC(=O)Nc1ccc2c(c1)C(=O)N(C)[C@H]1CC[C@H](CC(=O)NC3CCCCC3)O[C@H]1CO2. The third kappa shape index (κ3) is 6.45. The van der Waals surface area contributed by atoms with Gasteiger partial charge in [-0.15, -0.1) is 0 Å². The molecular formula is C26H38N4O5. The quantitative estimate of drug-likeness (QED) is 0.591. The maximum Gasteiger partial charge on any atom is 0.319 e. The highest BCUT2D eigenvalue weighted by molar-refractivity contribution is 5.99. The van der Waals surface area contributed by atoms with E-state index in [9.17, 15) is 14.4 Å². The molecule has 0 bridgehead atoms. The molecule has 1 aliphatic carbocycles. The van der Waals surface area contributed by atoms with E-state index in [4.69, 9.17) is 9.47 Å². The van der Waals surface area contributed by atoms with E-state index in [1.54, 1.807) is 30.1 Å². The van der Waals surface area contributed by atoms with Crippen molar-refractivity contribution < 1.29 is 23.9 Å². The van der Waals surface area contributed by atoms with Crippen molar-refractivity contribution in [2.75, 3.05) is 19.0 Å². The molecule has 1 saturated carbocycles. The van der Waals surface area contributed by atoms with Crippen molar-refractivity contribution in [1.82, 2.24) is 15.5 Å². The van der Waals surface area contributed by atoms with Gasteiger partial charge in [-0.1, -0.05) is 19.3 Å². The van der Waals surface area contributed by atoms with Gasteiger partial charge in [0, 0.05) is 24.8 Å². The molecule has 1 saturated heterocycles. The molecule has 4 amide bonds. The van der Waals surface area contributed by atoms with Crippen LogP contribution in [0.15, 0.2) is 18.2 Å². The molecule has 35 heavy (non-hydrogen) atoms. The molecule has 3 N–H and O–H groups in total. The highest BCUT2D eigenvalue weighted by Gasteiger charge is 2.39. The van der Waals surface area contributed by atoms with Crippen LogP contribution < -0.4 is 20.7 Å². The minimum Gasteiger partial charge on any atom is -0.490 e. The molecule has 0 radical (unpaired) electrons. The van der Waals surface area contributed by atoms with Crippen molar-refractivity contribution in [3.63, 3.8) is 0 Å². The highest BCUT2D eigenvalue weighted by Crippen LogP contribution is 2.32. The number of amides is 4. The average molecular weight is 487 g/mol. The zero-order valence-corrected chi connectivity index (χ0v) is 21.0. The van der Waals surface area contributed by atoms with E-state index in [1.165, 1.54) is 19.3 Å². The Morgan fingerprint density at radius 1 is 1.11 bits per heavy atom. The van der Waals surface area contributed by atoms with Crippen LogP contribution in [0.1, 0.15) is 75.6 Å². The van der Waals surface area contributed by atoms with Crippen LogP contribution in [0, 0.1) is 0 Å². The van der Waals surface area contributed by atoms with Gasteiger partial charge in [0.05, 0.1) is 24.1 Å². The van der Waals surface area contributed by atoms with Crippen LogP contribution in [0.3, 0.4) is 0 Å². The van der Waals surface area contributed by atoms with Gasteiger partial charge in [0.1, 0.15) is 18.5 Å². The van der Waals surface area contributed by atoms with Crippen molar-refractivity contribution in [3.05, 3.63) is 23.8 Å². The number of carbonyl (C=O) groups is 3. The molecule has 4 rings (SSSR count). The molecule has 0 aromatic heterocycles. The summed E-state index contributed by atoms with van der Waals surface area (Å²) >= 11 is 0. The summed E-state index contributed by atoms with van der Waals surface area (Å²) in [6.07, 6.45) is 7.01. The van der Waals surface area contributed by atoms with Gasteiger partial charge in [-0.3, -0.25) is 9.59 Å². The van der Waals surface area contributed by atoms with E-state index in [1.807, 2.05) is 13.8 Å². The van der Waals surface area contributed by atoms with Crippen LogP contribution in [-0.4, -0.2) is 66.7 Å². The van der Waals surface area contributed by atoms with Gasteiger partial charge in [0.15, 0.2) is 0 Å². The lowest BCUT2D eigenvalue weighted by Gasteiger charge is -2.42. The zero-order chi connectivity index (χ0) is 24.9. The number of likely N-dealkylation sites (N-methyl/N-ethyl adjacent to an activating group) is 1. The maximum absolute atomic E-state index is 13.3. The van der Waals surface area contributed by atoms with Crippen LogP contribution in [0.4, 0.5) is 10.5 Å². The third-order valence-corrected chi connectivity index (χ3v) is 7.07. The Morgan fingerprint density at radius 2 is 1.89 bits per heavy atom. The summed E-state index contributed by atoms with van der Waals surface area (Å²) in [7, 11) is 1.78. The molecule has 3 atom stereocenters. The van der Waals surface area contributed by atoms with Gasteiger partial charge in [-0.05, 0) is 57.7 Å². The number of ether oxygens (including phenoxy) is 2. The smallest absolute Gasteiger partial charge is 0.319 e. The Kier molecular flexibility index (Phi) is 8.15. The van der Waals surface area contributed by atoms with Gasteiger partial charge in [0.2, 0.25) is 5.91 Å². The summed E-state index contributed by atoms with van der Waals surface area (Å²) in [6.45, 7) is 4.04. The number of benzene rings is 1. The summed E-state index contributed by atoms with van der Waals surface area (Å²) in [4.78, 5) is 39.7. The first-order valence-corrected chi connectivity index (χ1v) is 12.9. The topological polar surface area (TPSA) is 109 Å². The summed E-state index contributed by atoms with van der Waals surface area (Å²) < 4.78 is 12.3. The largest absolute Gasteiger partial charge is 0.490 e. The number of rotatable bonds is 5. The lowest BCUT2D eigenvalue weighted by atomic mass is 9.93. The lowest BCUT2D eigenvalue weighted by Crippen LogP contribution is -2.54. The summed E-state index contributed by atoms with van der Waals surface area (Å²) in [5.41, 5.74) is 0.926. The first-order chi connectivity index (χ1) is 16.8. The lowest BCUT2D eigenvalue weighted by molar-refractivity contribution is -0.134. The van der Waals surface area contributed by atoms with E-state index in [0.717, 1.165) is 19.3 Å². The molecule has 0 unspecified atom stereocenters. The summed E-state index contributed by atoms with van der Waals surface area (Å²) in [6, 6.07) is 4.88. The van der Waals surface area contributed by atoms with Gasteiger partial charge in [-0.25, -0.2) is 4.79 Å². The molecule has 1 aromatic rings. The third-order valence-electron chi connectivity index (χ3n) is 7.07. The fourth-order valence-electron chi connectivity index (χ4n) is 5.27. The molecule has 9 nitrogen and oxygen atoms in total. The number of carbonyl (C=O) groups excluding carboxylic acids is 3. The van der Waals surface area contributed by atoms with Crippen LogP contribution in [0.25, 0.3) is 0 Å². The number of hydrogen-bond acceptors (Lipinski definition) is 5. The van der Waals surface area contributed by atoms with E-state index in [0.29, 0.717) is 29.8 Å². The second-order valence-electron chi connectivity index (χ2n) is 10.2. The first-order valence-electron chi connectivity index (χ1n) is 12.9. The minimum absolute atomic E-state index is 0.000772. The van der Waals surface area contributed by atoms with Gasteiger partial charge >= 0.3 is 6.03 Å². The Morgan fingerprint density at radius 3 is 2.63 bits per heavy atom. The molecule has 2 fully saturated rings. The standard InChI is InChI=1S/C26H38N4O5/c1-16(2)27-26(33)29-18-9-12-22-20(13-18)25(32)30(3)21-11-10-19(35-23(21)15-34-22)14-24(31)28-17-7-5-4-6-8-17/h9,12-13,16-17,19,21,23H,4-8,10-11,14-15H2,1-3H3,(H,28,31)(H2,27,29,33)/t19-,21+,23+/m1/s1. The average Bonchev–Trinajstić information content (AvgIpc) is 2.82. The normalized spacial score (nSPS) is 25.0. The van der Waals surface area contributed by atoms with Crippen LogP contribution in [-0.2, 0) is 9.53 Å². The minimum atomic E-state index is -0.327. The summed E-state index contributed by atoms with van der Waals surface area (Å²) in [5.74, 6) is 0.319. The van der Waals surface area contributed by atoms with E-state index in [2.05, 4.69) is 16.0 Å². The Bertz CT molecular complexity index is 930. The van der Waals surface area contributed by atoms with E-state index in [-0.39, 0.29) is 54.8 Å². The Labute approximate surface area is 207 Å². The fourth-order valence-corrected chi connectivity index (χ4v) is 5.27. The van der Waals surface area contributed by atoms with Gasteiger partial charge in [-0.2, -0.15) is 0 Å². The molecule has 1 aromatic carbocycles. The number of anilines is 1. The number of fused-ring (bicyclic) bond motifs is 2. The predicted molar refractivity (Wildman–Crippen MR) is 133 cm³/mol. The van der Waals surface area contributed by atoms with Crippen molar-refractivity contribution >= 4 is 23.5 Å². The van der Waals surface area contributed by atoms with Crippen LogP contribution in [0.5, 0.6) is 5.75 Å². The molecular weight excluding hydrogens is 448 g/mol. The van der Waals surface area contributed by atoms with Crippen molar-refractivity contribution in [3.8, 4) is 5.75 Å². The second kappa shape index (κ2) is 11.3. The van der Waals surface area contributed by atoms with Gasteiger partial charge in [0.25, 0.3) is 5.91 Å². The van der Waals surface area contributed by atoms with Crippen molar-refractivity contribution in [2.45, 2.75) is 95.5 Å². The van der Waals surface area contributed by atoms with Gasteiger partial charge < -0.3 is 30.3 Å². The zero-order valence-electron chi connectivity index (χ0n) is 21.0. The van der Waals surface area contributed by atoms with Crippen LogP contribution >= 0.6 is 0 Å². The maximum atomic E-state index is 13.3. The molecule has 2 heterocycles. The van der Waals surface area contributed by atoms with Crippen molar-refractivity contribution in [1.29, 1.82) is 0 Å². The Balaban J connectivity index is 1.39. The molecule has 192 valence electrons. The number of nitrogens with zero attached hydrogens (tertiary/aromatic N) is 1. The molecule has 9 heteroatoms. The van der Waals surface area contributed by atoms with E-state index >= 15 is 0 Å². The number of urea groups is 1. The second-order valence-corrected chi connectivity index (χ2v) is 10.2. The molecule has 2 aliphatic heterocycles. The predicted octanol–water partition coefficient (Wildman–Crippen LogP) is 3.44. The van der Waals surface area contributed by atoms with Crippen LogP contribution in [0.2, 0.25) is 0 Å². The molecule has 3 aliphatic rings. The first kappa shape index (κ1) is 25.3. The van der Waals surface area contributed by atoms with E-state index < -0.39 is 0 Å². The molecule has 0 spiro atoms. The fraction of sp³-hybridized carbons (Fsp3) is 0.654. The summed E-state index contributed by atoms with van der Waals surface area (Å²) in [5, 5.41) is 8.70. The monoisotopic (exact) mass is 486 g/mol. The number of hydrogen-bond donors (Lipinski definition) is 3. The number of nitrogens with one attached hydrogen (secondary N) is 3. The Hall–Kier alpha value is -2.81.